The lowest BCUT2D eigenvalue weighted by Gasteiger charge is -2.13. The summed E-state index contributed by atoms with van der Waals surface area (Å²) in [5, 5.41) is 14.7. The zero-order valence-electron chi connectivity index (χ0n) is 11.0. The lowest BCUT2D eigenvalue weighted by molar-refractivity contribution is -0.136. The van der Waals surface area contributed by atoms with Crippen molar-refractivity contribution in [2.75, 3.05) is 5.32 Å². The van der Waals surface area contributed by atoms with Gasteiger partial charge in [0.25, 0.3) is 0 Å². The third-order valence-electron chi connectivity index (χ3n) is 2.86. The maximum absolute atomic E-state index is 10.5. The van der Waals surface area contributed by atoms with E-state index in [0.717, 1.165) is 15.3 Å². The van der Waals surface area contributed by atoms with Gasteiger partial charge in [0.2, 0.25) is 0 Å². The molecule has 1 atom stereocenters. The summed E-state index contributed by atoms with van der Waals surface area (Å²) < 4.78 is 1.05. The highest BCUT2D eigenvalue weighted by molar-refractivity contribution is 9.10. The Labute approximate surface area is 130 Å². The Kier molecular flexibility index (Phi) is 5.14. The number of nitrogens with one attached hydrogen (secondary N) is 1. The number of aliphatic carboxylic acids is 1. The molecule has 0 fully saturated rings. The number of halogens is 1. The van der Waals surface area contributed by atoms with E-state index in [0.29, 0.717) is 6.42 Å². The zero-order valence-corrected chi connectivity index (χ0v) is 13.4. The minimum atomic E-state index is -0.796. The molecule has 6 heteroatoms. The molecule has 0 radical (unpaired) electrons. The van der Waals surface area contributed by atoms with Crippen LogP contribution in [0.25, 0.3) is 0 Å². The molecule has 106 valence electrons. The van der Waals surface area contributed by atoms with Crippen LogP contribution in [0.5, 0.6) is 0 Å². The van der Waals surface area contributed by atoms with Gasteiger partial charge in [0.05, 0.1) is 18.2 Å². The molecule has 0 aliphatic heterocycles. The van der Waals surface area contributed by atoms with Crippen LogP contribution in [0.2, 0.25) is 0 Å². The van der Waals surface area contributed by atoms with Crippen LogP contribution in [0.4, 0.5) is 5.13 Å². The first-order valence-electron chi connectivity index (χ1n) is 6.23. The number of benzene rings is 1. The van der Waals surface area contributed by atoms with E-state index in [1.54, 1.807) is 0 Å². The number of nitrogens with zero attached hydrogens (tertiary/aromatic N) is 1. The molecule has 2 aromatic rings. The fourth-order valence-corrected chi connectivity index (χ4v) is 2.84. The van der Waals surface area contributed by atoms with Crippen molar-refractivity contribution in [2.24, 2.45) is 0 Å². The van der Waals surface area contributed by atoms with Crippen LogP contribution in [0.3, 0.4) is 0 Å². The van der Waals surface area contributed by atoms with E-state index < -0.39 is 5.97 Å². The second-order valence-corrected chi connectivity index (χ2v) is 6.23. The molecule has 2 N–H and O–H groups in total. The van der Waals surface area contributed by atoms with E-state index in [1.807, 2.05) is 17.5 Å². The Hall–Kier alpha value is -1.40. The third kappa shape index (κ3) is 4.31. The van der Waals surface area contributed by atoms with Gasteiger partial charge in [0, 0.05) is 16.3 Å². The van der Waals surface area contributed by atoms with Crippen molar-refractivity contribution < 1.29 is 9.90 Å². The number of anilines is 1. The number of aryl methyl sites for hydroxylation is 1. The van der Waals surface area contributed by atoms with Crippen LogP contribution >= 0.6 is 27.3 Å². The van der Waals surface area contributed by atoms with Gasteiger partial charge in [0.15, 0.2) is 5.13 Å². The van der Waals surface area contributed by atoms with Crippen LogP contribution in [-0.2, 0) is 11.2 Å². The van der Waals surface area contributed by atoms with Gasteiger partial charge < -0.3 is 10.4 Å². The van der Waals surface area contributed by atoms with Crippen LogP contribution in [0, 0.1) is 0 Å². The molecule has 0 saturated carbocycles. The average molecular weight is 355 g/mol. The molecule has 0 spiro atoms. The largest absolute Gasteiger partial charge is 0.481 e. The van der Waals surface area contributed by atoms with Gasteiger partial charge in [-0.15, -0.1) is 11.3 Å². The quantitative estimate of drug-likeness (QED) is 0.819. The van der Waals surface area contributed by atoms with Crippen LogP contribution in [-0.4, -0.2) is 16.1 Å². The van der Waals surface area contributed by atoms with E-state index >= 15 is 0 Å². The van der Waals surface area contributed by atoms with Crippen LogP contribution in [0.1, 0.15) is 30.6 Å². The van der Waals surface area contributed by atoms with Gasteiger partial charge in [0.1, 0.15) is 0 Å². The van der Waals surface area contributed by atoms with Crippen LogP contribution in [0.15, 0.2) is 34.1 Å². The number of rotatable bonds is 6. The van der Waals surface area contributed by atoms with Crippen molar-refractivity contribution in [3.05, 3.63) is 45.4 Å². The number of aromatic nitrogens is 1. The number of hydrogen-bond acceptors (Lipinski definition) is 4. The summed E-state index contributed by atoms with van der Waals surface area (Å²) in [7, 11) is 0. The Morgan fingerprint density at radius 1 is 1.45 bits per heavy atom. The number of hydrogen-bond donors (Lipinski definition) is 2. The second-order valence-electron chi connectivity index (χ2n) is 4.46. The summed E-state index contributed by atoms with van der Waals surface area (Å²) in [5.74, 6) is -0.796. The predicted octanol–water partition coefficient (Wildman–Crippen LogP) is 4.10. The molecular formula is C14H15BrN2O2S. The zero-order chi connectivity index (χ0) is 14.5. The minimum absolute atomic E-state index is 0.117. The molecule has 4 nitrogen and oxygen atoms in total. The average Bonchev–Trinajstić information content (AvgIpc) is 2.84. The fraction of sp³-hybridized carbons (Fsp3) is 0.286. The molecule has 1 aromatic carbocycles. The maximum atomic E-state index is 10.5. The number of carbonyl (C=O) groups is 1. The van der Waals surface area contributed by atoms with Gasteiger partial charge in [-0.2, -0.15) is 0 Å². The van der Waals surface area contributed by atoms with Gasteiger partial charge in [-0.25, -0.2) is 4.98 Å². The number of carboxylic acids is 1. The van der Waals surface area contributed by atoms with Crippen molar-refractivity contribution in [2.45, 2.75) is 25.8 Å². The SMILES string of the molecule is CC(Nc1nc(CCC(=O)O)cs1)c1ccc(Br)cc1. The fourth-order valence-electron chi connectivity index (χ4n) is 1.74. The molecule has 0 saturated heterocycles. The monoisotopic (exact) mass is 354 g/mol. The van der Waals surface area contributed by atoms with Crippen molar-refractivity contribution in [3.8, 4) is 0 Å². The Morgan fingerprint density at radius 2 is 2.15 bits per heavy atom. The van der Waals surface area contributed by atoms with Crippen molar-refractivity contribution in [1.82, 2.24) is 4.98 Å². The molecule has 1 aromatic heterocycles. The van der Waals surface area contributed by atoms with Gasteiger partial charge >= 0.3 is 5.97 Å². The first-order valence-corrected chi connectivity index (χ1v) is 7.90. The molecule has 0 aliphatic rings. The topological polar surface area (TPSA) is 62.2 Å². The summed E-state index contributed by atoms with van der Waals surface area (Å²) in [6.45, 7) is 2.07. The van der Waals surface area contributed by atoms with Crippen LogP contribution < -0.4 is 5.32 Å². The summed E-state index contributed by atoms with van der Waals surface area (Å²) >= 11 is 4.92. The second kappa shape index (κ2) is 6.85. The number of thiazole rings is 1. The summed E-state index contributed by atoms with van der Waals surface area (Å²) in [6.07, 6.45) is 0.589. The van der Waals surface area contributed by atoms with Gasteiger partial charge in [-0.05, 0) is 24.6 Å². The number of carboxylic acid groups (broad SMARTS) is 1. The molecule has 0 bridgehead atoms. The Bertz CT molecular complexity index is 583. The third-order valence-corrected chi connectivity index (χ3v) is 4.21. The highest BCUT2D eigenvalue weighted by Gasteiger charge is 2.09. The predicted molar refractivity (Wildman–Crippen MR) is 84.3 cm³/mol. The highest BCUT2D eigenvalue weighted by atomic mass is 79.9. The molecule has 20 heavy (non-hydrogen) atoms. The first kappa shape index (κ1) is 15.0. The molecule has 0 aliphatic carbocycles. The molecule has 2 rings (SSSR count). The lowest BCUT2D eigenvalue weighted by Crippen LogP contribution is -2.06. The smallest absolute Gasteiger partial charge is 0.303 e. The van der Waals surface area contributed by atoms with E-state index in [4.69, 9.17) is 5.11 Å². The molecular weight excluding hydrogens is 340 g/mol. The highest BCUT2D eigenvalue weighted by Crippen LogP contribution is 2.24. The summed E-state index contributed by atoms with van der Waals surface area (Å²) in [6, 6.07) is 8.28. The van der Waals surface area contributed by atoms with Crippen molar-refractivity contribution in [1.29, 1.82) is 0 Å². The minimum Gasteiger partial charge on any atom is -0.481 e. The standard InChI is InChI=1S/C14H15BrN2O2S/c1-9(10-2-4-11(15)5-3-10)16-14-17-12(8-20-14)6-7-13(18)19/h2-5,8-9H,6-7H2,1H3,(H,16,17)(H,18,19). The van der Waals surface area contributed by atoms with Gasteiger partial charge in [-0.3, -0.25) is 4.79 Å². The summed E-state index contributed by atoms with van der Waals surface area (Å²) in [5.41, 5.74) is 2.00. The summed E-state index contributed by atoms with van der Waals surface area (Å²) in [4.78, 5) is 14.9. The van der Waals surface area contributed by atoms with Crippen molar-refractivity contribution >= 4 is 38.4 Å². The van der Waals surface area contributed by atoms with E-state index in [-0.39, 0.29) is 12.5 Å². The maximum Gasteiger partial charge on any atom is 0.303 e. The first-order chi connectivity index (χ1) is 9.54. The van der Waals surface area contributed by atoms with E-state index in [1.165, 1.54) is 16.9 Å². The lowest BCUT2D eigenvalue weighted by atomic mass is 10.1. The van der Waals surface area contributed by atoms with E-state index in [9.17, 15) is 4.79 Å². The van der Waals surface area contributed by atoms with E-state index in [2.05, 4.69) is 45.3 Å². The Morgan fingerprint density at radius 3 is 2.80 bits per heavy atom. The normalized spacial score (nSPS) is 12.1. The molecule has 1 unspecified atom stereocenters. The Balaban J connectivity index is 1.95. The molecule has 1 heterocycles. The van der Waals surface area contributed by atoms with Crippen molar-refractivity contribution in [3.63, 3.8) is 0 Å². The van der Waals surface area contributed by atoms with Gasteiger partial charge in [-0.1, -0.05) is 28.1 Å². The molecule has 0 amide bonds.